The third-order valence-corrected chi connectivity index (χ3v) is 4.81. The van der Waals surface area contributed by atoms with Crippen molar-refractivity contribution in [3.63, 3.8) is 0 Å². The Morgan fingerprint density at radius 1 is 1.32 bits per heavy atom. The second-order valence-electron chi connectivity index (χ2n) is 5.34. The average Bonchev–Trinajstić information content (AvgIpc) is 3.22. The monoisotopic (exact) mass is 313 g/mol. The summed E-state index contributed by atoms with van der Waals surface area (Å²) in [4.78, 5) is 26.7. The van der Waals surface area contributed by atoms with E-state index in [1.807, 2.05) is 36.4 Å². The topological polar surface area (TPSA) is 85.1 Å². The molecule has 1 amide bonds. The lowest BCUT2D eigenvalue weighted by molar-refractivity contribution is -0.497. The van der Waals surface area contributed by atoms with Gasteiger partial charge in [-0.25, -0.2) is 4.98 Å². The molecule has 1 aliphatic rings. The number of nitrogens with one attached hydrogen (secondary N) is 1. The highest BCUT2D eigenvalue weighted by Crippen LogP contribution is 2.36. The van der Waals surface area contributed by atoms with Gasteiger partial charge in [0.1, 0.15) is 5.92 Å². The van der Waals surface area contributed by atoms with Gasteiger partial charge in [-0.3, -0.25) is 14.9 Å². The maximum Gasteiger partial charge on any atom is 0.236 e. The Bertz CT molecular complexity index is 921. The number of amides is 1. The van der Waals surface area contributed by atoms with Gasteiger partial charge in [0.05, 0.1) is 10.2 Å². The summed E-state index contributed by atoms with van der Waals surface area (Å²) >= 11 is 1.38. The summed E-state index contributed by atoms with van der Waals surface area (Å²) in [6.07, 6.45) is 0.312. The van der Waals surface area contributed by atoms with Crippen LogP contribution in [-0.2, 0) is 4.79 Å². The lowest BCUT2D eigenvalue weighted by Gasteiger charge is -1.98. The van der Waals surface area contributed by atoms with E-state index in [0.717, 1.165) is 21.0 Å². The number of hydrogen-bond donors (Lipinski definition) is 1. The van der Waals surface area contributed by atoms with E-state index in [9.17, 15) is 14.9 Å². The zero-order chi connectivity index (χ0) is 15.3. The van der Waals surface area contributed by atoms with Crippen molar-refractivity contribution in [2.75, 3.05) is 5.32 Å². The number of benzene rings is 2. The SMILES string of the molecule is O=C(Nc1nc2c(ccc3ccccc32)s1)[C@@H]1C[C@@H]1[N+](=O)[O-]. The molecule has 1 saturated carbocycles. The number of nitro groups is 1. The molecular formula is C15H11N3O3S. The summed E-state index contributed by atoms with van der Waals surface area (Å²) in [5.41, 5.74) is 0.847. The van der Waals surface area contributed by atoms with Crippen LogP contribution in [0.4, 0.5) is 5.13 Å². The fourth-order valence-corrected chi connectivity index (χ4v) is 3.49. The number of hydrogen-bond acceptors (Lipinski definition) is 5. The first kappa shape index (κ1) is 13.1. The highest BCUT2D eigenvalue weighted by Gasteiger charge is 2.53. The largest absolute Gasteiger partial charge is 0.301 e. The van der Waals surface area contributed by atoms with E-state index in [0.29, 0.717) is 11.6 Å². The summed E-state index contributed by atoms with van der Waals surface area (Å²) in [6, 6.07) is 11.2. The van der Waals surface area contributed by atoms with E-state index in [4.69, 9.17) is 0 Å². The standard InChI is InChI=1S/C15H11N3O3S/c19-14(10-7-11(10)18(20)21)17-15-16-13-9-4-2-1-3-8(9)5-6-12(13)22-15/h1-6,10-11H,7H2,(H,16,17,19)/t10-,11+/m1/s1. The number of carbonyl (C=O) groups is 1. The Morgan fingerprint density at radius 2 is 2.14 bits per heavy atom. The molecule has 6 nitrogen and oxygen atoms in total. The molecule has 0 radical (unpaired) electrons. The van der Waals surface area contributed by atoms with Gasteiger partial charge in [0.25, 0.3) is 0 Å². The van der Waals surface area contributed by atoms with Crippen LogP contribution in [-0.4, -0.2) is 21.9 Å². The van der Waals surface area contributed by atoms with Gasteiger partial charge in [0.2, 0.25) is 11.9 Å². The minimum absolute atomic E-state index is 0.312. The molecule has 1 N–H and O–H groups in total. The zero-order valence-corrected chi connectivity index (χ0v) is 12.2. The first-order valence-electron chi connectivity index (χ1n) is 6.86. The van der Waals surface area contributed by atoms with E-state index in [1.54, 1.807) is 0 Å². The lowest BCUT2D eigenvalue weighted by Crippen LogP contribution is -2.18. The van der Waals surface area contributed by atoms with Crippen molar-refractivity contribution < 1.29 is 9.72 Å². The molecular weight excluding hydrogens is 302 g/mol. The van der Waals surface area contributed by atoms with E-state index in [2.05, 4.69) is 10.3 Å². The zero-order valence-electron chi connectivity index (χ0n) is 11.4. The maximum absolute atomic E-state index is 12.0. The number of fused-ring (bicyclic) bond motifs is 3. The maximum atomic E-state index is 12.0. The van der Waals surface area contributed by atoms with E-state index in [1.165, 1.54) is 11.3 Å². The summed E-state index contributed by atoms with van der Waals surface area (Å²) in [5, 5.41) is 16.0. The molecule has 0 aliphatic heterocycles. The molecule has 110 valence electrons. The molecule has 1 fully saturated rings. The van der Waals surface area contributed by atoms with Crippen molar-refractivity contribution >= 4 is 43.4 Å². The summed E-state index contributed by atoms with van der Waals surface area (Å²) in [5.74, 6) is -0.844. The third-order valence-electron chi connectivity index (χ3n) is 3.88. The number of anilines is 1. The molecule has 0 unspecified atom stereocenters. The van der Waals surface area contributed by atoms with Gasteiger partial charge in [0, 0.05) is 16.7 Å². The number of carbonyl (C=O) groups excluding carboxylic acids is 1. The van der Waals surface area contributed by atoms with Gasteiger partial charge in [-0.05, 0) is 11.5 Å². The first-order valence-corrected chi connectivity index (χ1v) is 7.68. The van der Waals surface area contributed by atoms with Crippen molar-refractivity contribution in [3.05, 3.63) is 46.5 Å². The molecule has 1 aliphatic carbocycles. The minimum Gasteiger partial charge on any atom is -0.301 e. The van der Waals surface area contributed by atoms with Crippen LogP contribution in [0.5, 0.6) is 0 Å². The fourth-order valence-electron chi connectivity index (χ4n) is 2.61. The Balaban J connectivity index is 1.64. The molecule has 2 aromatic carbocycles. The quantitative estimate of drug-likeness (QED) is 0.595. The van der Waals surface area contributed by atoms with Crippen molar-refractivity contribution in [2.24, 2.45) is 5.92 Å². The number of nitrogens with zero attached hydrogens (tertiary/aromatic N) is 2. The van der Waals surface area contributed by atoms with Gasteiger partial charge in [0.15, 0.2) is 5.13 Å². The highest BCUT2D eigenvalue weighted by molar-refractivity contribution is 7.22. The van der Waals surface area contributed by atoms with E-state index < -0.39 is 16.9 Å². The summed E-state index contributed by atoms with van der Waals surface area (Å²) < 4.78 is 0.982. The van der Waals surface area contributed by atoms with Crippen LogP contribution in [0, 0.1) is 16.0 Å². The second kappa shape index (κ2) is 4.74. The van der Waals surface area contributed by atoms with Gasteiger partial charge >= 0.3 is 0 Å². The average molecular weight is 313 g/mol. The molecule has 4 rings (SSSR count). The van der Waals surface area contributed by atoms with Crippen LogP contribution in [0.3, 0.4) is 0 Å². The highest BCUT2D eigenvalue weighted by atomic mass is 32.1. The Labute approximate surface area is 128 Å². The van der Waals surface area contributed by atoms with Gasteiger partial charge in [-0.2, -0.15) is 0 Å². The summed E-state index contributed by atoms with van der Waals surface area (Å²) in [7, 11) is 0. The van der Waals surface area contributed by atoms with Gasteiger partial charge in [-0.1, -0.05) is 41.7 Å². The van der Waals surface area contributed by atoms with Crippen LogP contribution in [0.2, 0.25) is 0 Å². The minimum atomic E-state index is -0.741. The van der Waals surface area contributed by atoms with Crippen molar-refractivity contribution in [3.8, 4) is 0 Å². The molecule has 7 heteroatoms. The van der Waals surface area contributed by atoms with Crippen LogP contribution in [0.1, 0.15) is 6.42 Å². The number of thiazole rings is 1. The Kier molecular flexibility index (Phi) is 2.83. The molecule has 3 aromatic rings. The second-order valence-corrected chi connectivity index (χ2v) is 6.37. The molecule has 1 aromatic heterocycles. The Hall–Kier alpha value is -2.54. The summed E-state index contributed by atoms with van der Waals surface area (Å²) in [6.45, 7) is 0. The van der Waals surface area contributed by atoms with Crippen molar-refractivity contribution in [2.45, 2.75) is 12.5 Å². The smallest absolute Gasteiger partial charge is 0.236 e. The van der Waals surface area contributed by atoms with Crippen molar-refractivity contribution in [1.82, 2.24) is 4.98 Å². The van der Waals surface area contributed by atoms with E-state index >= 15 is 0 Å². The predicted octanol–water partition coefficient (Wildman–Crippen LogP) is 3.05. The molecule has 0 saturated heterocycles. The van der Waals surface area contributed by atoms with Crippen LogP contribution >= 0.6 is 11.3 Å². The Morgan fingerprint density at radius 3 is 2.91 bits per heavy atom. The molecule has 0 spiro atoms. The van der Waals surface area contributed by atoms with E-state index in [-0.39, 0.29) is 5.91 Å². The predicted molar refractivity (Wildman–Crippen MR) is 84.6 cm³/mol. The van der Waals surface area contributed by atoms with Crippen molar-refractivity contribution in [1.29, 1.82) is 0 Å². The number of aromatic nitrogens is 1. The number of rotatable bonds is 3. The van der Waals surface area contributed by atoms with Gasteiger partial charge in [-0.15, -0.1) is 0 Å². The first-order chi connectivity index (χ1) is 10.6. The van der Waals surface area contributed by atoms with Crippen LogP contribution < -0.4 is 5.32 Å². The van der Waals surface area contributed by atoms with Crippen LogP contribution in [0.25, 0.3) is 21.0 Å². The molecule has 2 atom stereocenters. The lowest BCUT2D eigenvalue weighted by atomic mass is 10.1. The van der Waals surface area contributed by atoms with Gasteiger partial charge < -0.3 is 5.32 Å². The molecule has 0 bridgehead atoms. The normalized spacial score (nSPS) is 20.2. The fraction of sp³-hybridized carbons (Fsp3) is 0.200. The molecule has 22 heavy (non-hydrogen) atoms. The third kappa shape index (κ3) is 2.10. The molecule has 1 heterocycles. The van der Waals surface area contributed by atoms with Crippen LogP contribution in [0.15, 0.2) is 36.4 Å².